The zero-order valence-electron chi connectivity index (χ0n) is 10.3. The van der Waals surface area contributed by atoms with Gasteiger partial charge in [0.05, 0.1) is 0 Å². The Bertz CT molecular complexity index is 443. The predicted molar refractivity (Wildman–Crippen MR) is 72.6 cm³/mol. The monoisotopic (exact) mass is 288 g/mol. The Labute approximate surface area is 116 Å². The molecule has 0 radical (unpaired) electrons. The van der Waals surface area contributed by atoms with Crippen molar-refractivity contribution in [1.29, 1.82) is 0 Å². The highest BCUT2D eigenvalue weighted by Crippen LogP contribution is 2.11. The number of amides is 1. The van der Waals surface area contributed by atoms with Gasteiger partial charge in [0.1, 0.15) is 0 Å². The van der Waals surface area contributed by atoms with Gasteiger partial charge in [0.25, 0.3) is 5.91 Å². The fraction of sp³-hybridized carbons (Fsp3) is 0.545. The van der Waals surface area contributed by atoms with Crippen LogP contribution < -0.4 is 10.6 Å². The summed E-state index contributed by atoms with van der Waals surface area (Å²) in [6, 6.07) is 2.71. The number of aromatic nitrogens is 1. The molecule has 0 aromatic carbocycles. The number of hydrogen-bond donors (Lipinski definition) is 3. The Kier molecular flexibility index (Phi) is 5.78. The smallest absolute Gasteiger partial charge is 0.321 e. The molecular weight excluding hydrogens is 272 g/mol. The molecule has 1 aliphatic rings. The predicted octanol–water partition coefficient (Wildman–Crippen LogP) is 1.07. The Balaban J connectivity index is 0.00000180. The number of H-pyrrole nitrogens is 1. The van der Waals surface area contributed by atoms with E-state index < -0.39 is 4.92 Å². The van der Waals surface area contributed by atoms with Crippen molar-refractivity contribution in [2.24, 2.45) is 5.92 Å². The van der Waals surface area contributed by atoms with Crippen molar-refractivity contribution in [3.05, 3.63) is 27.9 Å². The average Bonchev–Trinajstić information content (AvgIpc) is 2.87. The highest BCUT2D eigenvalue weighted by atomic mass is 35.5. The molecule has 1 aromatic rings. The molecule has 0 bridgehead atoms. The largest absolute Gasteiger partial charge is 0.358 e. The molecule has 1 unspecified atom stereocenters. The lowest BCUT2D eigenvalue weighted by atomic mass is 10.00. The van der Waals surface area contributed by atoms with Crippen molar-refractivity contribution >= 4 is 24.1 Å². The second-order valence-electron chi connectivity index (χ2n) is 4.44. The molecule has 1 atom stereocenters. The number of hydrogen-bond acceptors (Lipinski definition) is 4. The molecule has 2 heterocycles. The van der Waals surface area contributed by atoms with Crippen molar-refractivity contribution in [3.63, 3.8) is 0 Å². The van der Waals surface area contributed by atoms with Gasteiger partial charge >= 0.3 is 5.82 Å². The van der Waals surface area contributed by atoms with Gasteiger partial charge < -0.3 is 20.7 Å². The summed E-state index contributed by atoms with van der Waals surface area (Å²) in [4.78, 5) is 24.1. The van der Waals surface area contributed by atoms with Gasteiger partial charge in [-0.1, -0.05) is 0 Å². The average molecular weight is 289 g/mol. The molecule has 0 saturated carbocycles. The highest BCUT2D eigenvalue weighted by molar-refractivity contribution is 5.92. The normalized spacial score (nSPS) is 18.4. The van der Waals surface area contributed by atoms with Crippen molar-refractivity contribution < 1.29 is 9.72 Å². The second-order valence-corrected chi connectivity index (χ2v) is 4.44. The third kappa shape index (κ3) is 4.22. The number of carbonyl (C=O) groups excluding carboxylic acids is 1. The lowest BCUT2D eigenvalue weighted by Gasteiger charge is -2.22. The van der Waals surface area contributed by atoms with Gasteiger partial charge in [0.2, 0.25) is 0 Å². The lowest BCUT2D eigenvalue weighted by molar-refractivity contribution is -0.389. The van der Waals surface area contributed by atoms with Crippen LogP contribution in [0.3, 0.4) is 0 Å². The molecule has 1 aliphatic heterocycles. The van der Waals surface area contributed by atoms with E-state index in [1.165, 1.54) is 12.1 Å². The van der Waals surface area contributed by atoms with Gasteiger partial charge in [-0.05, 0) is 42.8 Å². The zero-order valence-corrected chi connectivity index (χ0v) is 11.2. The summed E-state index contributed by atoms with van der Waals surface area (Å²) in [5.41, 5.74) is 0.227. The van der Waals surface area contributed by atoms with Gasteiger partial charge in [-0.15, -0.1) is 12.4 Å². The molecule has 19 heavy (non-hydrogen) atoms. The quantitative estimate of drug-likeness (QED) is 0.570. The van der Waals surface area contributed by atoms with Gasteiger partial charge in [0.15, 0.2) is 5.69 Å². The number of nitrogens with zero attached hydrogens (tertiary/aromatic N) is 1. The van der Waals surface area contributed by atoms with E-state index in [0.717, 1.165) is 25.9 Å². The van der Waals surface area contributed by atoms with Crippen LogP contribution in [0.4, 0.5) is 5.82 Å². The van der Waals surface area contributed by atoms with Gasteiger partial charge in [0, 0.05) is 12.6 Å². The van der Waals surface area contributed by atoms with Crippen molar-refractivity contribution in [3.8, 4) is 0 Å². The lowest BCUT2D eigenvalue weighted by Crippen LogP contribution is -2.38. The Morgan fingerprint density at radius 3 is 2.89 bits per heavy atom. The van der Waals surface area contributed by atoms with E-state index in [1.807, 2.05) is 0 Å². The fourth-order valence-corrected chi connectivity index (χ4v) is 2.05. The Morgan fingerprint density at radius 1 is 1.53 bits per heavy atom. The number of halogens is 1. The highest BCUT2D eigenvalue weighted by Gasteiger charge is 2.18. The number of nitrogens with one attached hydrogen (secondary N) is 3. The first-order valence-electron chi connectivity index (χ1n) is 5.99. The molecule has 7 nitrogen and oxygen atoms in total. The maximum absolute atomic E-state index is 11.7. The number of piperidine rings is 1. The Morgan fingerprint density at radius 2 is 2.32 bits per heavy atom. The van der Waals surface area contributed by atoms with Gasteiger partial charge in [-0.2, -0.15) is 0 Å². The molecular formula is C11H17ClN4O3. The maximum Gasteiger partial charge on any atom is 0.321 e. The molecule has 106 valence electrons. The molecule has 3 N–H and O–H groups in total. The number of nitro groups is 1. The molecule has 0 aliphatic carbocycles. The van der Waals surface area contributed by atoms with Crippen molar-refractivity contribution in [1.82, 2.24) is 15.6 Å². The van der Waals surface area contributed by atoms with Crippen LogP contribution in [0, 0.1) is 16.0 Å². The number of carbonyl (C=O) groups is 1. The summed E-state index contributed by atoms with van der Waals surface area (Å²) in [5.74, 6) is -0.0270. The van der Waals surface area contributed by atoms with E-state index in [0.29, 0.717) is 12.5 Å². The summed E-state index contributed by atoms with van der Waals surface area (Å²) in [6.07, 6.45) is 2.21. The third-order valence-electron chi connectivity index (χ3n) is 3.06. The summed E-state index contributed by atoms with van der Waals surface area (Å²) in [6.45, 7) is 2.54. The van der Waals surface area contributed by atoms with Crippen LogP contribution in [0.5, 0.6) is 0 Å². The van der Waals surface area contributed by atoms with Crippen LogP contribution in [-0.4, -0.2) is 35.4 Å². The van der Waals surface area contributed by atoms with E-state index >= 15 is 0 Å². The second kappa shape index (κ2) is 7.10. The molecule has 1 aromatic heterocycles. The number of rotatable bonds is 4. The standard InChI is InChI=1S/C11H16N4O3.ClH/c16-11(9-3-4-10(14-9)15(17)18)13-7-8-2-1-5-12-6-8;/h3-4,8,12,14H,1-2,5-7H2,(H,13,16);1H. The van der Waals surface area contributed by atoms with E-state index in [2.05, 4.69) is 15.6 Å². The van der Waals surface area contributed by atoms with E-state index in [4.69, 9.17) is 0 Å². The minimum Gasteiger partial charge on any atom is -0.358 e. The summed E-state index contributed by atoms with van der Waals surface area (Å²) < 4.78 is 0. The molecule has 0 spiro atoms. The maximum atomic E-state index is 11.7. The first kappa shape index (κ1) is 15.5. The first-order chi connectivity index (χ1) is 8.66. The summed E-state index contributed by atoms with van der Waals surface area (Å²) in [7, 11) is 0. The number of aromatic amines is 1. The van der Waals surface area contributed by atoms with Crippen LogP contribution in [-0.2, 0) is 0 Å². The fourth-order valence-electron chi connectivity index (χ4n) is 2.05. The van der Waals surface area contributed by atoms with E-state index in [-0.39, 0.29) is 29.8 Å². The molecule has 1 saturated heterocycles. The molecule has 1 amide bonds. The van der Waals surface area contributed by atoms with Crippen LogP contribution in [0.1, 0.15) is 23.3 Å². The third-order valence-corrected chi connectivity index (χ3v) is 3.06. The van der Waals surface area contributed by atoms with Crippen LogP contribution in [0.15, 0.2) is 12.1 Å². The van der Waals surface area contributed by atoms with Gasteiger partial charge in [-0.25, -0.2) is 4.98 Å². The minimum atomic E-state index is -0.554. The van der Waals surface area contributed by atoms with Crippen molar-refractivity contribution in [2.75, 3.05) is 19.6 Å². The topological polar surface area (TPSA) is 100 Å². The molecule has 1 fully saturated rings. The SMILES string of the molecule is Cl.O=C(NCC1CCCNC1)c1ccc([N+](=O)[O-])[nH]1. The van der Waals surface area contributed by atoms with Crippen LogP contribution in [0.25, 0.3) is 0 Å². The van der Waals surface area contributed by atoms with Crippen LogP contribution >= 0.6 is 12.4 Å². The summed E-state index contributed by atoms with van der Waals surface area (Å²) in [5, 5.41) is 16.5. The molecule has 2 rings (SSSR count). The summed E-state index contributed by atoms with van der Waals surface area (Å²) >= 11 is 0. The van der Waals surface area contributed by atoms with E-state index in [1.54, 1.807) is 0 Å². The molecule has 8 heteroatoms. The van der Waals surface area contributed by atoms with E-state index in [9.17, 15) is 14.9 Å². The van der Waals surface area contributed by atoms with Crippen LogP contribution in [0.2, 0.25) is 0 Å². The Hall–Kier alpha value is -1.60. The zero-order chi connectivity index (χ0) is 13.0. The van der Waals surface area contributed by atoms with Gasteiger partial charge in [-0.3, -0.25) is 4.79 Å². The first-order valence-corrected chi connectivity index (χ1v) is 5.99. The van der Waals surface area contributed by atoms with Crippen molar-refractivity contribution in [2.45, 2.75) is 12.8 Å². The minimum absolute atomic E-state index is 0.